The monoisotopic (exact) mass is 260 g/mol. The first-order chi connectivity index (χ1) is 9.19. The minimum absolute atomic E-state index is 0.198. The van der Waals surface area contributed by atoms with Crippen molar-refractivity contribution in [1.29, 1.82) is 0 Å². The van der Waals surface area contributed by atoms with Crippen molar-refractivity contribution in [3.8, 4) is 11.5 Å². The second-order valence-electron chi connectivity index (χ2n) is 4.55. The maximum absolute atomic E-state index is 10.4. The van der Waals surface area contributed by atoms with Gasteiger partial charge in [0.1, 0.15) is 0 Å². The molecule has 1 aliphatic rings. The van der Waals surface area contributed by atoms with Crippen LogP contribution in [0.2, 0.25) is 0 Å². The van der Waals surface area contributed by atoms with Crippen molar-refractivity contribution < 1.29 is 9.84 Å². The highest BCUT2D eigenvalue weighted by atomic mass is 16.5. The van der Waals surface area contributed by atoms with Crippen LogP contribution >= 0.6 is 0 Å². The lowest BCUT2D eigenvalue weighted by atomic mass is 10.0. The van der Waals surface area contributed by atoms with Crippen molar-refractivity contribution in [2.45, 2.75) is 26.2 Å². The van der Waals surface area contributed by atoms with Crippen LogP contribution < -0.4 is 4.74 Å². The van der Waals surface area contributed by atoms with E-state index in [0.29, 0.717) is 5.75 Å². The molecule has 1 aliphatic heterocycles. The molecule has 4 nitrogen and oxygen atoms in total. The lowest BCUT2D eigenvalue weighted by Gasteiger charge is -2.22. The molecular weight excluding hydrogens is 240 g/mol. The minimum Gasteiger partial charge on any atom is -0.504 e. The van der Waals surface area contributed by atoms with Crippen molar-refractivity contribution >= 4 is 11.9 Å². The Kier molecular flexibility index (Phi) is 4.10. The molecule has 0 saturated heterocycles. The molecule has 0 bridgehead atoms. The van der Waals surface area contributed by atoms with Gasteiger partial charge < -0.3 is 9.84 Å². The number of phenols is 1. The smallest absolute Gasteiger partial charge is 0.167 e. The van der Waals surface area contributed by atoms with E-state index >= 15 is 0 Å². The Morgan fingerprint density at radius 1 is 1.42 bits per heavy atom. The van der Waals surface area contributed by atoms with Crippen LogP contribution in [-0.2, 0) is 6.42 Å². The summed E-state index contributed by atoms with van der Waals surface area (Å²) < 4.78 is 5.36. The molecule has 1 N–H and O–H groups in total. The van der Waals surface area contributed by atoms with Gasteiger partial charge in [-0.3, -0.25) is 5.01 Å². The summed E-state index contributed by atoms with van der Waals surface area (Å²) in [6.07, 6.45) is 6.56. The number of phenolic OH excluding ortho intramolecular Hbond substituents is 1. The van der Waals surface area contributed by atoms with Gasteiger partial charge in [-0.05, 0) is 18.1 Å². The van der Waals surface area contributed by atoms with E-state index in [2.05, 4.69) is 12.0 Å². The number of aryl methyl sites for hydroxylation is 1. The summed E-state index contributed by atoms with van der Waals surface area (Å²) in [5.74, 6) is 0.770. The number of methoxy groups -OCH3 is 1. The van der Waals surface area contributed by atoms with Crippen LogP contribution in [0.15, 0.2) is 23.3 Å². The van der Waals surface area contributed by atoms with Crippen LogP contribution in [-0.4, -0.2) is 30.5 Å². The lowest BCUT2D eigenvalue weighted by Crippen LogP contribution is -2.13. The van der Waals surface area contributed by atoms with Gasteiger partial charge in [-0.15, -0.1) is 0 Å². The summed E-state index contributed by atoms with van der Waals surface area (Å²) in [7, 11) is 3.46. The number of benzene rings is 1. The number of hydrogen-bond acceptors (Lipinski definition) is 4. The minimum atomic E-state index is 0.198. The number of hydrogen-bond donors (Lipinski definition) is 1. The maximum Gasteiger partial charge on any atom is 0.167 e. The van der Waals surface area contributed by atoms with E-state index in [4.69, 9.17) is 4.74 Å². The van der Waals surface area contributed by atoms with Crippen LogP contribution in [0.1, 0.15) is 30.9 Å². The number of nitrogens with zero attached hydrogens (tertiary/aromatic N) is 2. The van der Waals surface area contributed by atoms with Gasteiger partial charge in [-0.25, -0.2) is 0 Å². The standard InChI is InChI=1S/C15H20N2O2/c1-4-6-11-8-9-12(14(18)15(11)19-3)13-7-5-10-16-17(13)2/h7-10,18H,4-6H2,1-3H3. The van der Waals surface area contributed by atoms with Gasteiger partial charge in [0.2, 0.25) is 0 Å². The van der Waals surface area contributed by atoms with E-state index < -0.39 is 0 Å². The Labute approximate surface area is 114 Å². The van der Waals surface area contributed by atoms with E-state index in [1.807, 2.05) is 31.5 Å². The number of hydrazone groups is 1. The van der Waals surface area contributed by atoms with Crippen molar-refractivity contribution in [1.82, 2.24) is 5.01 Å². The van der Waals surface area contributed by atoms with Crippen LogP contribution in [0, 0.1) is 0 Å². The van der Waals surface area contributed by atoms with E-state index in [1.165, 1.54) is 0 Å². The molecule has 0 fully saturated rings. The number of allylic oxidation sites excluding steroid dienone is 1. The number of rotatable bonds is 4. The third-order valence-electron chi connectivity index (χ3n) is 3.23. The van der Waals surface area contributed by atoms with Crippen LogP contribution in [0.3, 0.4) is 0 Å². The zero-order valence-electron chi connectivity index (χ0n) is 11.7. The fourth-order valence-electron chi connectivity index (χ4n) is 2.33. The molecule has 0 radical (unpaired) electrons. The predicted molar refractivity (Wildman–Crippen MR) is 77.5 cm³/mol. The molecule has 102 valence electrons. The van der Waals surface area contributed by atoms with Gasteiger partial charge in [-0.1, -0.05) is 25.5 Å². The van der Waals surface area contributed by atoms with Crippen molar-refractivity contribution in [3.63, 3.8) is 0 Å². The average Bonchev–Trinajstić information content (AvgIpc) is 2.41. The highest BCUT2D eigenvalue weighted by Gasteiger charge is 2.18. The first-order valence-electron chi connectivity index (χ1n) is 6.54. The van der Waals surface area contributed by atoms with Crippen LogP contribution in [0.5, 0.6) is 11.5 Å². The summed E-state index contributed by atoms with van der Waals surface area (Å²) in [6.45, 7) is 2.11. The van der Waals surface area contributed by atoms with E-state index in [0.717, 1.165) is 36.1 Å². The second kappa shape index (κ2) is 5.78. The van der Waals surface area contributed by atoms with Gasteiger partial charge >= 0.3 is 0 Å². The second-order valence-corrected chi connectivity index (χ2v) is 4.55. The Morgan fingerprint density at radius 3 is 2.84 bits per heavy atom. The maximum atomic E-state index is 10.4. The van der Waals surface area contributed by atoms with Crippen LogP contribution in [0.25, 0.3) is 5.70 Å². The molecule has 1 heterocycles. The van der Waals surface area contributed by atoms with E-state index in [9.17, 15) is 5.11 Å². The first-order valence-corrected chi connectivity index (χ1v) is 6.54. The van der Waals surface area contributed by atoms with Gasteiger partial charge in [0, 0.05) is 25.2 Å². The average molecular weight is 260 g/mol. The first kappa shape index (κ1) is 13.5. The molecule has 0 saturated carbocycles. The number of aromatic hydroxyl groups is 1. The molecule has 0 amide bonds. The van der Waals surface area contributed by atoms with Gasteiger partial charge in [0.25, 0.3) is 0 Å². The Morgan fingerprint density at radius 2 is 2.21 bits per heavy atom. The molecule has 2 rings (SSSR count). The molecule has 19 heavy (non-hydrogen) atoms. The molecular formula is C15H20N2O2. The molecule has 0 aromatic heterocycles. The van der Waals surface area contributed by atoms with Gasteiger partial charge in [0.05, 0.1) is 12.8 Å². The molecule has 1 aromatic rings. The molecule has 4 heteroatoms. The fourth-order valence-corrected chi connectivity index (χ4v) is 2.33. The normalized spacial score (nSPS) is 14.5. The van der Waals surface area contributed by atoms with Crippen LogP contribution in [0.4, 0.5) is 0 Å². The van der Waals surface area contributed by atoms with E-state index in [-0.39, 0.29) is 5.75 Å². The molecule has 0 spiro atoms. The summed E-state index contributed by atoms with van der Waals surface area (Å²) in [5, 5.41) is 16.4. The zero-order chi connectivity index (χ0) is 13.8. The van der Waals surface area contributed by atoms with Crippen molar-refractivity contribution in [2.75, 3.05) is 14.2 Å². The highest BCUT2D eigenvalue weighted by molar-refractivity contribution is 5.77. The van der Waals surface area contributed by atoms with Gasteiger partial charge in [-0.2, -0.15) is 5.10 Å². The largest absolute Gasteiger partial charge is 0.504 e. The summed E-state index contributed by atoms with van der Waals surface area (Å²) in [5.41, 5.74) is 2.70. The SMILES string of the molecule is CCCc1ccc(C2=CCC=NN2C)c(O)c1OC. The lowest BCUT2D eigenvalue weighted by molar-refractivity contribution is 0.367. The number of ether oxygens (including phenoxy) is 1. The molecule has 0 atom stereocenters. The quantitative estimate of drug-likeness (QED) is 0.905. The molecule has 0 unspecified atom stereocenters. The zero-order valence-corrected chi connectivity index (χ0v) is 11.7. The predicted octanol–water partition coefficient (Wildman–Crippen LogP) is 3.02. The third-order valence-corrected chi connectivity index (χ3v) is 3.23. The molecule has 0 aliphatic carbocycles. The fraction of sp³-hybridized carbons (Fsp3) is 0.400. The third kappa shape index (κ3) is 2.57. The van der Waals surface area contributed by atoms with Gasteiger partial charge in [0.15, 0.2) is 11.5 Å². The summed E-state index contributed by atoms with van der Waals surface area (Å²) >= 11 is 0. The topological polar surface area (TPSA) is 45.1 Å². The summed E-state index contributed by atoms with van der Waals surface area (Å²) in [4.78, 5) is 0. The molecule has 1 aromatic carbocycles. The highest BCUT2D eigenvalue weighted by Crippen LogP contribution is 2.39. The van der Waals surface area contributed by atoms with Crippen molar-refractivity contribution in [2.24, 2.45) is 5.10 Å². The Balaban J connectivity index is 2.45. The Bertz CT molecular complexity index is 521. The Hall–Kier alpha value is -1.97. The van der Waals surface area contributed by atoms with E-state index in [1.54, 1.807) is 12.1 Å². The summed E-state index contributed by atoms with van der Waals surface area (Å²) in [6, 6.07) is 3.95. The van der Waals surface area contributed by atoms with Crippen molar-refractivity contribution in [3.05, 3.63) is 29.3 Å².